The molecule has 0 aliphatic carbocycles. The number of halogens is 1. The molecule has 1 fully saturated rings. The molecule has 1 aliphatic heterocycles. The lowest BCUT2D eigenvalue weighted by Gasteiger charge is -2.32. The summed E-state index contributed by atoms with van der Waals surface area (Å²) in [5, 5.41) is 0. The van der Waals surface area contributed by atoms with Crippen LogP contribution in [-0.4, -0.2) is 37.7 Å². The van der Waals surface area contributed by atoms with Crippen LogP contribution in [0.2, 0.25) is 0 Å². The van der Waals surface area contributed by atoms with Crippen molar-refractivity contribution >= 4 is 47.2 Å². The van der Waals surface area contributed by atoms with Crippen molar-refractivity contribution in [1.82, 2.24) is 4.90 Å². The molecule has 1 aliphatic rings. The molecule has 0 unspecified atom stereocenters. The van der Waals surface area contributed by atoms with Gasteiger partial charge in [-0.05, 0) is 49.3 Å². The van der Waals surface area contributed by atoms with Crippen LogP contribution in [0.25, 0.3) is 12.2 Å². The second kappa shape index (κ2) is 8.19. The van der Waals surface area contributed by atoms with Gasteiger partial charge in [-0.25, -0.2) is 0 Å². The van der Waals surface area contributed by atoms with Crippen molar-refractivity contribution in [3.63, 3.8) is 0 Å². The van der Waals surface area contributed by atoms with Gasteiger partial charge in [-0.2, -0.15) is 0 Å². The number of piperidine rings is 1. The quantitative estimate of drug-likeness (QED) is 0.568. The highest BCUT2D eigenvalue weighted by atomic mass is 79.9. The zero-order valence-electron chi connectivity index (χ0n) is 15.1. The van der Waals surface area contributed by atoms with E-state index in [0.29, 0.717) is 19.1 Å². The van der Waals surface area contributed by atoms with Crippen molar-refractivity contribution < 1.29 is 4.79 Å². The van der Waals surface area contributed by atoms with Gasteiger partial charge in [-0.15, -0.1) is 0 Å². The van der Waals surface area contributed by atoms with Gasteiger partial charge >= 0.3 is 0 Å². The first-order valence-corrected chi connectivity index (χ1v) is 9.52. The van der Waals surface area contributed by atoms with Crippen LogP contribution in [0.3, 0.4) is 0 Å². The predicted octanol–water partition coefficient (Wildman–Crippen LogP) is 4.00. The maximum atomic E-state index is 13.0. The maximum absolute atomic E-state index is 13.0. The molecule has 0 aromatic heterocycles. The van der Waals surface area contributed by atoms with Crippen LogP contribution < -0.4 is 5.46 Å². The highest BCUT2D eigenvalue weighted by molar-refractivity contribution is 9.10. The van der Waals surface area contributed by atoms with Crippen LogP contribution in [0.1, 0.15) is 25.0 Å². The van der Waals surface area contributed by atoms with E-state index in [-0.39, 0.29) is 5.78 Å². The highest BCUT2D eigenvalue weighted by Crippen LogP contribution is 2.24. The van der Waals surface area contributed by atoms with Gasteiger partial charge in [-0.3, -0.25) is 9.69 Å². The van der Waals surface area contributed by atoms with Crippen LogP contribution in [-0.2, 0) is 4.79 Å². The Bertz CT molecular complexity index is 783. The summed E-state index contributed by atoms with van der Waals surface area (Å²) in [7, 11) is 5.76. The fourth-order valence-corrected chi connectivity index (χ4v) is 3.25. The fraction of sp³-hybridized carbons (Fsp3) is 0.227. The summed E-state index contributed by atoms with van der Waals surface area (Å²) in [6, 6.07) is 16.0. The van der Waals surface area contributed by atoms with E-state index >= 15 is 0 Å². The molecule has 0 bridgehead atoms. The van der Waals surface area contributed by atoms with Gasteiger partial charge in [0.1, 0.15) is 7.85 Å². The normalized spacial score (nSPS) is 18.8. The average molecular weight is 406 g/mol. The summed E-state index contributed by atoms with van der Waals surface area (Å²) >= 11 is 3.45. The van der Waals surface area contributed by atoms with Crippen molar-refractivity contribution in [2.75, 3.05) is 13.1 Å². The predicted molar refractivity (Wildman–Crippen MR) is 114 cm³/mol. The van der Waals surface area contributed by atoms with Crippen molar-refractivity contribution in [2.45, 2.75) is 19.9 Å². The Morgan fingerprint density at radius 1 is 0.923 bits per heavy atom. The number of carbonyl (C=O) groups is 1. The molecule has 2 aromatic carbocycles. The summed E-state index contributed by atoms with van der Waals surface area (Å²) < 4.78 is 1.03. The van der Waals surface area contributed by atoms with Crippen molar-refractivity contribution in [1.29, 1.82) is 0 Å². The van der Waals surface area contributed by atoms with Crippen molar-refractivity contribution in [3.05, 3.63) is 75.3 Å². The van der Waals surface area contributed by atoms with E-state index in [9.17, 15) is 4.79 Å². The minimum atomic E-state index is 0.127. The Balaban J connectivity index is 1.95. The van der Waals surface area contributed by atoms with Gasteiger partial charge in [0.2, 0.25) is 0 Å². The van der Waals surface area contributed by atoms with Gasteiger partial charge in [-0.1, -0.05) is 57.8 Å². The minimum absolute atomic E-state index is 0.127. The van der Waals surface area contributed by atoms with Crippen LogP contribution >= 0.6 is 15.9 Å². The van der Waals surface area contributed by atoms with E-state index in [1.54, 1.807) is 0 Å². The molecule has 1 saturated heterocycles. The number of hydrogen-bond donors (Lipinski definition) is 0. The lowest BCUT2D eigenvalue weighted by atomic mass is 9.92. The minimum Gasteiger partial charge on any atom is -0.292 e. The van der Waals surface area contributed by atoms with Crippen LogP contribution in [0.4, 0.5) is 0 Å². The third-order valence-corrected chi connectivity index (χ3v) is 5.08. The number of carbonyl (C=O) groups excluding carboxylic acids is 1. The van der Waals surface area contributed by atoms with Gasteiger partial charge in [0, 0.05) is 34.8 Å². The third kappa shape index (κ3) is 4.63. The van der Waals surface area contributed by atoms with Crippen molar-refractivity contribution in [2.24, 2.45) is 0 Å². The molecule has 2 aromatic rings. The van der Waals surface area contributed by atoms with E-state index in [4.69, 9.17) is 7.85 Å². The summed E-state index contributed by atoms with van der Waals surface area (Å²) in [6.07, 6.45) is 3.98. The largest absolute Gasteiger partial charge is 0.292 e. The van der Waals surface area contributed by atoms with E-state index in [2.05, 4.69) is 34.7 Å². The standard InChI is InChI=1S/C22H21BBrNO/c1-15(2)25-13-18(11-16-3-7-20(23)8-4-16)22(26)19(14-25)12-17-5-9-21(24)10-6-17/h3-12,15H,13-14H2,1-2H3/b18-11+,19-12+. The first-order chi connectivity index (χ1) is 12.4. The fourth-order valence-electron chi connectivity index (χ4n) is 2.98. The lowest BCUT2D eigenvalue weighted by Crippen LogP contribution is -2.41. The number of benzene rings is 2. The van der Waals surface area contributed by atoms with E-state index < -0.39 is 0 Å². The molecule has 1 heterocycles. The molecule has 0 spiro atoms. The smallest absolute Gasteiger partial charge is 0.187 e. The summed E-state index contributed by atoms with van der Waals surface area (Å²) in [4.78, 5) is 15.4. The maximum Gasteiger partial charge on any atom is 0.187 e. The first-order valence-electron chi connectivity index (χ1n) is 8.73. The van der Waals surface area contributed by atoms with Crippen LogP contribution in [0.15, 0.2) is 64.1 Å². The number of nitrogens with zero attached hydrogens (tertiary/aromatic N) is 1. The van der Waals surface area contributed by atoms with E-state index in [1.807, 2.05) is 60.7 Å². The van der Waals surface area contributed by atoms with Crippen LogP contribution in [0, 0.1) is 0 Å². The molecule has 2 nitrogen and oxygen atoms in total. The molecule has 4 heteroatoms. The molecule has 0 saturated carbocycles. The van der Waals surface area contributed by atoms with E-state index in [1.165, 1.54) is 0 Å². The Kier molecular flexibility index (Phi) is 5.95. The number of ketones is 1. The summed E-state index contributed by atoms with van der Waals surface area (Å²) in [5.41, 5.74) is 4.40. The Labute approximate surface area is 165 Å². The first kappa shape index (κ1) is 18.9. The topological polar surface area (TPSA) is 20.3 Å². The molecular formula is C22H21BBrNO. The molecule has 3 rings (SSSR count). The number of hydrogen-bond acceptors (Lipinski definition) is 2. The zero-order valence-corrected chi connectivity index (χ0v) is 16.7. The molecule has 0 atom stereocenters. The molecular weight excluding hydrogens is 385 g/mol. The molecule has 26 heavy (non-hydrogen) atoms. The SMILES string of the molecule is [B]c1ccc(/C=C2\CN(C(C)C)C/C(=C\c3ccc(Br)cc3)C2=O)cc1. The third-order valence-electron chi connectivity index (χ3n) is 4.55. The second-order valence-electron chi connectivity index (χ2n) is 6.89. The molecule has 0 N–H and O–H groups in total. The number of likely N-dealkylation sites (tertiary alicyclic amines) is 1. The molecule has 130 valence electrons. The molecule has 0 amide bonds. The molecule has 2 radical (unpaired) electrons. The highest BCUT2D eigenvalue weighted by Gasteiger charge is 2.27. The monoisotopic (exact) mass is 405 g/mol. The Hall–Kier alpha value is -1.91. The second-order valence-corrected chi connectivity index (χ2v) is 7.80. The number of Topliss-reactive ketones (excluding diaryl/α,β-unsaturated/α-hetero) is 1. The summed E-state index contributed by atoms with van der Waals surface area (Å²) in [6.45, 7) is 5.66. The Morgan fingerprint density at radius 2 is 1.38 bits per heavy atom. The van der Waals surface area contributed by atoms with Gasteiger partial charge in [0.05, 0.1) is 0 Å². The lowest BCUT2D eigenvalue weighted by molar-refractivity contribution is -0.113. The van der Waals surface area contributed by atoms with Gasteiger partial charge in [0.25, 0.3) is 0 Å². The number of rotatable bonds is 3. The zero-order chi connectivity index (χ0) is 18.7. The van der Waals surface area contributed by atoms with Crippen molar-refractivity contribution in [3.8, 4) is 0 Å². The Morgan fingerprint density at radius 3 is 1.85 bits per heavy atom. The average Bonchev–Trinajstić information content (AvgIpc) is 2.62. The van der Waals surface area contributed by atoms with Crippen LogP contribution in [0.5, 0.6) is 0 Å². The summed E-state index contributed by atoms with van der Waals surface area (Å²) in [5.74, 6) is 0.127. The van der Waals surface area contributed by atoms with E-state index in [0.717, 1.165) is 32.2 Å². The van der Waals surface area contributed by atoms with Gasteiger partial charge < -0.3 is 0 Å². The van der Waals surface area contributed by atoms with Gasteiger partial charge in [0.15, 0.2) is 5.78 Å².